The molecule has 0 unspecified atom stereocenters. The Morgan fingerprint density at radius 3 is 2.43 bits per heavy atom. The van der Waals surface area contributed by atoms with Crippen molar-refractivity contribution in [2.45, 2.75) is 13.3 Å². The van der Waals surface area contributed by atoms with Gasteiger partial charge < -0.3 is 9.47 Å². The first-order chi connectivity index (χ1) is 10.3. The van der Waals surface area contributed by atoms with Crippen LogP contribution in [-0.4, -0.2) is 18.9 Å². The van der Waals surface area contributed by atoms with Crippen LogP contribution in [0.4, 0.5) is 0 Å². The van der Waals surface area contributed by atoms with Crippen molar-refractivity contribution in [1.82, 2.24) is 0 Å². The topological polar surface area (TPSA) is 52.6 Å². The molecule has 0 fully saturated rings. The Bertz CT molecular complexity index is 634. The summed E-state index contributed by atoms with van der Waals surface area (Å²) in [5.41, 5.74) is 0.671. The molecule has 4 heteroatoms. The van der Waals surface area contributed by atoms with Crippen LogP contribution in [-0.2, 0) is 0 Å². The molecule has 0 aliphatic heterocycles. The van der Waals surface area contributed by atoms with E-state index < -0.39 is 5.97 Å². The molecule has 0 aromatic heterocycles. The van der Waals surface area contributed by atoms with E-state index in [0.29, 0.717) is 29.8 Å². The molecule has 108 valence electrons. The number of hydrogen-bond donors (Lipinski definition) is 0. The van der Waals surface area contributed by atoms with Gasteiger partial charge in [-0.1, -0.05) is 31.2 Å². The van der Waals surface area contributed by atoms with E-state index in [-0.39, 0.29) is 5.75 Å². The maximum absolute atomic E-state index is 12.2. The fourth-order valence-electron chi connectivity index (χ4n) is 1.80. The smallest absolute Gasteiger partial charge is 0.347 e. The van der Waals surface area contributed by atoms with Crippen molar-refractivity contribution in [3.63, 3.8) is 0 Å². The van der Waals surface area contributed by atoms with Crippen LogP contribution >= 0.6 is 0 Å². The minimum atomic E-state index is -0.545. The van der Waals surface area contributed by atoms with E-state index >= 15 is 0 Å². The average Bonchev–Trinajstić information content (AvgIpc) is 2.53. The minimum Gasteiger partial charge on any atom is -0.493 e. The number of carbonyl (C=O) groups excluding carboxylic acids is 2. The molecule has 4 nitrogen and oxygen atoms in total. The summed E-state index contributed by atoms with van der Waals surface area (Å²) in [5, 5.41) is 0. The lowest BCUT2D eigenvalue weighted by atomic mass is 10.2. The lowest BCUT2D eigenvalue weighted by Gasteiger charge is -2.11. The van der Waals surface area contributed by atoms with Crippen molar-refractivity contribution < 1.29 is 19.1 Å². The fraction of sp³-hybridized carbons (Fsp3) is 0.176. The standard InChI is InChI=1S/C17H16O4/c1-2-11-20-16-10-6-4-8-14(16)17(19)21-15-9-5-3-7-13(15)12-18/h3-10,12H,2,11H2,1H3. The summed E-state index contributed by atoms with van der Waals surface area (Å²) >= 11 is 0. The van der Waals surface area contributed by atoms with Crippen molar-refractivity contribution in [3.05, 3.63) is 59.7 Å². The second-order valence-electron chi connectivity index (χ2n) is 4.39. The van der Waals surface area contributed by atoms with Crippen LogP contribution in [0.3, 0.4) is 0 Å². The van der Waals surface area contributed by atoms with Gasteiger partial charge in [-0.3, -0.25) is 4.79 Å². The summed E-state index contributed by atoms with van der Waals surface area (Å²) in [7, 11) is 0. The number of benzene rings is 2. The first-order valence-electron chi connectivity index (χ1n) is 6.74. The number of para-hydroxylation sites is 2. The van der Waals surface area contributed by atoms with Gasteiger partial charge >= 0.3 is 5.97 Å². The monoisotopic (exact) mass is 284 g/mol. The Labute approximate surface area is 123 Å². The van der Waals surface area contributed by atoms with Crippen molar-refractivity contribution in [2.24, 2.45) is 0 Å². The van der Waals surface area contributed by atoms with Gasteiger partial charge in [0, 0.05) is 0 Å². The molecule has 0 saturated heterocycles. The van der Waals surface area contributed by atoms with Crippen molar-refractivity contribution in [2.75, 3.05) is 6.61 Å². The normalized spacial score (nSPS) is 9.95. The van der Waals surface area contributed by atoms with Crippen molar-refractivity contribution in [1.29, 1.82) is 0 Å². The average molecular weight is 284 g/mol. The molecule has 0 bridgehead atoms. The molecule has 2 aromatic rings. The third kappa shape index (κ3) is 3.69. The quantitative estimate of drug-likeness (QED) is 0.463. The zero-order chi connectivity index (χ0) is 15.1. The van der Waals surface area contributed by atoms with Gasteiger partial charge in [-0.25, -0.2) is 4.79 Å². The first kappa shape index (κ1) is 14.8. The highest BCUT2D eigenvalue weighted by molar-refractivity contribution is 5.95. The molecule has 0 aliphatic carbocycles. The summed E-state index contributed by atoms with van der Waals surface area (Å²) < 4.78 is 10.8. The van der Waals surface area contributed by atoms with Gasteiger partial charge in [0.15, 0.2) is 6.29 Å². The van der Waals surface area contributed by atoms with Crippen LogP contribution in [0, 0.1) is 0 Å². The number of aldehydes is 1. The third-order valence-electron chi connectivity index (χ3n) is 2.82. The Balaban J connectivity index is 2.22. The number of esters is 1. The zero-order valence-electron chi connectivity index (χ0n) is 11.7. The highest BCUT2D eigenvalue weighted by atomic mass is 16.5. The van der Waals surface area contributed by atoms with Crippen molar-refractivity contribution >= 4 is 12.3 Å². The van der Waals surface area contributed by atoms with Gasteiger partial charge in [-0.2, -0.15) is 0 Å². The van der Waals surface area contributed by atoms with Crippen LogP contribution in [0.2, 0.25) is 0 Å². The maximum Gasteiger partial charge on any atom is 0.347 e. The molecule has 0 atom stereocenters. The van der Waals surface area contributed by atoms with Crippen LogP contribution < -0.4 is 9.47 Å². The maximum atomic E-state index is 12.2. The number of carbonyl (C=O) groups is 2. The molecule has 0 heterocycles. The van der Waals surface area contributed by atoms with Crippen LogP contribution in [0.1, 0.15) is 34.1 Å². The van der Waals surface area contributed by atoms with E-state index in [0.717, 1.165) is 6.42 Å². The Kier molecular flexibility index (Phi) is 5.10. The van der Waals surface area contributed by atoms with Gasteiger partial charge in [-0.15, -0.1) is 0 Å². The molecule has 0 aliphatic rings. The van der Waals surface area contributed by atoms with E-state index in [1.807, 2.05) is 6.92 Å². The number of ether oxygens (including phenoxy) is 2. The number of rotatable bonds is 6. The highest BCUT2D eigenvalue weighted by Crippen LogP contribution is 2.22. The van der Waals surface area contributed by atoms with Crippen molar-refractivity contribution in [3.8, 4) is 11.5 Å². The molecule has 0 N–H and O–H groups in total. The zero-order valence-corrected chi connectivity index (χ0v) is 11.7. The van der Waals surface area contributed by atoms with Gasteiger partial charge in [-0.05, 0) is 30.7 Å². The molecule has 0 spiro atoms. The Morgan fingerprint density at radius 2 is 1.71 bits per heavy atom. The second kappa shape index (κ2) is 7.24. The summed E-state index contributed by atoms with van der Waals surface area (Å²) in [6.45, 7) is 2.51. The lowest BCUT2D eigenvalue weighted by molar-refractivity contribution is 0.0729. The minimum absolute atomic E-state index is 0.239. The van der Waals surface area contributed by atoms with E-state index in [9.17, 15) is 9.59 Å². The van der Waals surface area contributed by atoms with Crippen LogP contribution in [0.15, 0.2) is 48.5 Å². The molecule has 21 heavy (non-hydrogen) atoms. The van der Waals surface area contributed by atoms with E-state index in [4.69, 9.17) is 9.47 Å². The molecule has 0 amide bonds. The van der Waals surface area contributed by atoms with Crippen LogP contribution in [0.5, 0.6) is 11.5 Å². The summed E-state index contributed by atoms with van der Waals surface area (Å²) in [6.07, 6.45) is 1.50. The van der Waals surface area contributed by atoms with E-state index in [2.05, 4.69) is 0 Å². The molecule has 2 aromatic carbocycles. The summed E-state index contributed by atoms with van der Waals surface area (Å²) in [4.78, 5) is 23.2. The SMILES string of the molecule is CCCOc1ccccc1C(=O)Oc1ccccc1C=O. The molecule has 2 rings (SSSR count). The third-order valence-corrected chi connectivity index (χ3v) is 2.82. The predicted octanol–water partition coefficient (Wildman–Crippen LogP) is 3.51. The fourth-order valence-corrected chi connectivity index (χ4v) is 1.80. The molecular formula is C17H16O4. The van der Waals surface area contributed by atoms with Gasteiger partial charge in [0.1, 0.15) is 17.1 Å². The molecule has 0 saturated carbocycles. The Morgan fingerprint density at radius 1 is 1.05 bits per heavy atom. The summed E-state index contributed by atoms with van der Waals surface area (Å²) in [6, 6.07) is 13.5. The van der Waals surface area contributed by atoms with E-state index in [1.54, 1.807) is 48.5 Å². The van der Waals surface area contributed by atoms with Gasteiger partial charge in [0.25, 0.3) is 0 Å². The largest absolute Gasteiger partial charge is 0.493 e. The van der Waals surface area contributed by atoms with E-state index in [1.165, 1.54) is 0 Å². The summed E-state index contributed by atoms with van der Waals surface area (Å²) in [5.74, 6) is 0.173. The van der Waals surface area contributed by atoms with Gasteiger partial charge in [0.05, 0.1) is 12.2 Å². The Hall–Kier alpha value is -2.62. The van der Waals surface area contributed by atoms with Gasteiger partial charge in [0.2, 0.25) is 0 Å². The molecular weight excluding hydrogens is 268 g/mol. The predicted molar refractivity (Wildman–Crippen MR) is 79.0 cm³/mol. The first-order valence-corrected chi connectivity index (χ1v) is 6.74. The number of hydrogen-bond acceptors (Lipinski definition) is 4. The molecule has 0 radical (unpaired) electrons. The second-order valence-corrected chi connectivity index (χ2v) is 4.39. The highest BCUT2D eigenvalue weighted by Gasteiger charge is 2.15. The van der Waals surface area contributed by atoms with Crippen LogP contribution in [0.25, 0.3) is 0 Å². The lowest BCUT2D eigenvalue weighted by Crippen LogP contribution is -2.12.